The summed E-state index contributed by atoms with van der Waals surface area (Å²) in [6.45, 7) is 8.68. The van der Waals surface area contributed by atoms with Crippen LogP contribution in [0.5, 0.6) is 0 Å². The highest BCUT2D eigenvalue weighted by molar-refractivity contribution is 5.76. The molecule has 4 aliphatic rings. The minimum atomic E-state index is 0.847. The summed E-state index contributed by atoms with van der Waals surface area (Å²) in [6.07, 6.45) is 23.5. The summed E-state index contributed by atoms with van der Waals surface area (Å²) in [5.74, 6) is 7.68. The second-order valence-corrected chi connectivity index (χ2v) is 10.8. The van der Waals surface area contributed by atoms with Gasteiger partial charge >= 0.3 is 0 Å². The van der Waals surface area contributed by atoms with Gasteiger partial charge in [-0.1, -0.05) is 50.6 Å². The molecule has 8 unspecified atom stereocenters. The Morgan fingerprint density at radius 3 is 2.66 bits per heavy atom. The van der Waals surface area contributed by atoms with Gasteiger partial charge in [0.25, 0.3) is 0 Å². The van der Waals surface area contributed by atoms with Crippen molar-refractivity contribution in [2.75, 3.05) is 0 Å². The highest BCUT2D eigenvalue weighted by Gasteiger charge is 2.50. The molecule has 160 valence electrons. The van der Waals surface area contributed by atoms with Crippen molar-refractivity contribution >= 4 is 6.21 Å². The van der Waals surface area contributed by atoms with Crippen LogP contribution in [0.3, 0.4) is 0 Å². The van der Waals surface area contributed by atoms with Crippen LogP contribution in [0.2, 0.25) is 0 Å². The van der Waals surface area contributed by atoms with Crippen molar-refractivity contribution < 1.29 is 0 Å². The second-order valence-electron chi connectivity index (χ2n) is 10.8. The van der Waals surface area contributed by atoms with Crippen molar-refractivity contribution in [2.45, 2.75) is 84.5 Å². The highest BCUT2D eigenvalue weighted by Crippen LogP contribution is 2.59. The maximum Gasteiger partial charge on any atom is 0.0209 e. The molecule has 8 atom stereocenters. The number of fused-ring (bicyclic) bond motifs is 5. The molecule has 0 aromatic carbocycles. The average molecular weight is 394 g/mol. The highest BCUT2D eigenvalue weighted by atomic mass is 14.6. The lowest BCUT2D eigenvalue weighted by atomic mass is 9.55. The zero-order valence-electron chi connectivity index (χ0n) is 18.9. The fourth-order valence-electron chi connectivity index (χ4n) is 8.19. The van der Waals surface area contributed by atoms with Crippen LogP contribution in [0.4, 0.5) is 0 Å². The van der Waals surface area contributed by atoms with E-state index in [1.165, 1.54) is 70.4 Å². The molecule has 0 aliphatic heterocycles. The van der Waals surface area contributed by atoms with E-state index in [-0.39, 0.29) is 0 Å². The first-order valence-electron chi connectivity index (χ1n) is 12.7. The third kappa shape index (κ3) is 4.21. The van der Waals surface area contributed by atoms with Gasteiger partial charge in [-0.3, -0.25) is 0 Å². The van der Waals surface area contributed by atoms with Crippen LogP contribution < -0.4 is 0 Å². The van der Waals surface area contributed by atoms with Crippen molar-refractivity contribution in [1.29, 1.82) is 5.41 Å². The van der Waals surface area contributed by atoms with E-state index < -0.39 is 0 Å². The molecule has 4 aliphatic carbocycles. The Hall–Kier alpha value is -1.11. The Kier molecular flexibility index (Phi) is 6.82. The van der Waals surface area contributed by atoms with Gasteiger partial charge in [0.2, 0.25) is 0 Å². The first-order valence-corrected chi connectivity index (χ1v) is 12.7. The van der Waals surface area contributed by atoms with E-state index in [0.29, 0.717) is 0 Å². The molecule has 1 heteroatoms. The molecule has 3 saturated carbocycles. The SMILES string of the molecule is C=C/C=C(\C=N)CCC(CC)C1CCC2C1CCC1C3CCC(C)CC3=CCC12. The van der Waals surface area contributed by atoms with Crippen molar-refractivity contribution in [3.05, 3.63) is 36.0 Å². The second kappa shape index (κ2) is 9.36. The number of hydrogen-bond acceptors (Lipinski definition) is 1. The molecule has 1 N–H and O–H groups in total. The van der Waals surface area contributed by atoms with Gasteiger partial charge in [0.1, 0.15) is 0 Å². The Labute approximate surface area is 179 Å². The Morgan fingerprint density at radius 1 is 1.10 bits per heavy atom. The first kappa shape index (κ1) is 21.1. The maximum absolute atomic E-state index is 7.66. The predicted octanol–water partition coefficient (Wildman–Crippen LogP) is 7.99. The summed E-state index contributed by atoms with van der Waals surface area (Å²) < 4.78 is 0. The van der Waals surface area contributed by atoms with Gasteiger partial charge in [0.15, 0.2) is 0 Å². The summed E-state index contributed by atoms with van der Waals surface area (Å²) in [4.78, 5) is 0. The summed E-state index contributed by atoms with van der Waals surface area (Å²) >= 11 is 0. The van der Waals surface area contributed by atoms with E-state index in [9.17, 15) is 0 Å². The molecule has 0 aromatic heterocycles. The minimum Gasteiger partial charge on any atom is -0.308 e. The fourth-order valence-corrected chi connectivity index (χ4v) is 8.19. The monoisotopic (exact) mass is 393 g/mol. The topological polar surface area (TPSA) is 23.9 Å². The van der Waals surface area contributed by atoms with Gasteiger partial charge in [-0.05, 0) is 117 Å². The smallest absolute Gasteiger partial charge is 0.0209 e. The molecule has 4 rings (SSSR count). The van der Waals surface area contributed by atoms with Gasteiger partial charge in [0.05, 0.1) is 0 Å². The summed E-state index contributed by atoms with van der Waals surface area (Å²) in [5.41, 5.74) is 3.01. The zero-order chi connectivity index (χ0) is 20.4. The van der Waals surface area contributed by atoms with Crippen LogP contribution in [0.25, 0.3) is 0 Å². The third-order valence-electron chi connectivity index (χ3n) is 9.52. The Morgan fingerprint density at radius 2 is 1.90 bits per heavy atom. The van der Waals surface area contributed by atoms with Gasteiger partial charge < -0.3 is 5.41 Å². The van der Waals surface area contributed by atoms with Crippen molar-refractivity contribution in [1.82, 2.24) is 0 Å². The lowest BCUT2D eigenvalue weighted by Gasteiger charge is -2.50. The van der Waals surface area contributed by atoms with Crippen LogP contribution in [-0.2, 0) is 0 Å². The standard InChI is InChI=1S/C28H43N/c1-4-6-20(18-29)8-9-21(5-2)23-13-14-28-25(23)15-16-26-24-11-7-19(3)17-22(24)10-12-27(26)28/h4,6,10,18-19,21,23-29H,1,5,7-9,11-17H2,2-3H3/b20-6-,29-18?. The molecule has 0 heterocycles. The summed E-state index contributed by atoms with van der Waals surface area (Å²) in [5, 5.41) is 7.66. The minimum absolute atomic E-state index is 0.847. The molecule has 1 nitrogen and oxygen atoms in total. The van der Waals surface area contributed by atoms with Crippen molar-refractivity contribution in [2.24, 2.45) is 47.3 Å². The average Bonchev–Trinajstić information content (AvgIpc) is 3.17. The van der Waals surface area contributed by atoms with Gasteiger partial charge in [-0.25, -0.2) is 0 Å². The van der Waals surface area contributed by atoms with E-state index in [2.05, 4.69) is 26.5 Å². The largest absolute Gasteiger partial charge is 0.308 e. The molecule has 0 saturated heterocycles. The molecule has 0 bridgehead atoms. The first-order chi connectivity index (χ1) is 14.2. The van der Waals surface area contributed by atoms with Crippen LogP contribution in [0, 0.1) is 52.8 Å². The van der Waals surface area contributed by atoms with Crippen LogP contribution in [-0.4, -0.2) is 6.21 Å². The third-order valence-corrected chi connectivity index (χ3v) is 9.52. The predicted molar refractivity (Wildman–Crippen MR) is 125 cm³/mol. The quantitative estimate of drug-likeness (QED) is 0.257. The van der Waals surface area contributed by atoms with Crippen molar-refractivity contribution in [3.8, 4) is 0 Å². The Bertz CT molecular complexity index is 655. The maximum atomic E-state index is 7.66. The molecule has 3 fully saturated rings. The Balaban J connectivity index is 1.43. The zero-order valence-corrected chi connectivity index (χ0v) is 18.9. The lowest BCUT2D eigenvalue weighted by molar-refractivity contribution is 0.0372. The van der Waals surface area contributed by atoms with E-state index in [1.54, 1.807) is 0 Å². The number of nitrogens with one attached hydrogen (secondary N) is 1. The number of allylic oxidation sites excluding steroid dienone is 5. The molecule has 0 aromatic rings. The summed E-state index contributed by atoms with van der Waals surface area (Å²) in [6, 6.07) is 0. The molecular formula is C28H43N. The van der Waals surface area contributed by atoms with Crippen LogP contribution >= 0.6 is 0 Å². The van der Waals surface area contributed by atoms with E-state index >= 15 is 0 Å². The van der Waals surface area contributed by atoms with Crippen LogP contribution in [0.15, 0.2) is 36.0 Å². The number of hydrogen-bond donors (Lipinski definition) is 1. The normalized spacial score (nSPS) is 40.3. The molecule has 0 radical (unpaired) electrons. The molecule has 0 spiro atoms. The van der Waals surface area contributed by atoms with Crippen molar-refractivity contribution in [3.63, 3.8) is 0 Å². The lowest BCUT2D eigenvalue weighted by Crippen LogP contribution is -2.41. The number of rotatable bonds is 7. The fraction of sp³-hybridized carbons (Fsp3) is 0.750. The molecule has 0 amide bonds. The van der Waals surface area contributed by atoms with E-state index in [0.717, 1.165) is 59.3 Å². The van der Waals surface area contributed by atoms with E-state index in [4.69, 9.17) is 5.41 Å². The van der Waals surface area contributed by atoms with Gasteiger partial charge in [-0.2, -0.15) is 0 Å². The van der Waals surface area contributed by atoms with Gasteiger partial charge in [0, 0.05) is 6.21 Å². The molecule has 29 heavy (non-hydrogen) atoms. The van der Waals surface area contributed by atoms with E-state index in [1.807, 2.05) is 17.7 Å². The van der Waals surface area contributed by atoms with Gasteiger partial charge in [-0.15, -0.1) is 0 Å². The van der Waals surface area contributed by atoms with Crippen LogP contribution in [0.1, 0.15) is 84.5 Å². The summed E-state index contributed by atoms with van der Waals surface area (Å²) in [7, 11) is 0. The molecular weight excluding hydrogens is 350 g/mol.